The fourth-order valence-corrected chi connectivity index (χ4v) is 3.02. The molecule has 0 fully saturated rings. The molecule has 2 aromatic rings. The van der Waals surface area contributed by atoms with Crippen LogP contribution in [0.3, 0.4) is 0 Å². The van der Waals surface area contributed by atoms with Crippen LogP contribution in [0.5, 0.6) is 0 Å². The minimum atomic E-state index is -0.116. The van der Waals surface area contributed by atoms with Crippen molar-refractivity contribution in [2.45, 2.75) is 13.5 Å². The number of Topliss-reactive ketones (excluding diaryl/α,β-unsaturated/α-hetero) is 1. The van der Waals surface area contributed by atoms with Crippen LogP contribution in [-0.2, 0) is 11.3 Å². The van der Waals surface area contributed by atoms with Gasteiger partial charge in [-0.3, -0.25) is 9.59 Å². The Hall–Kier alpha value is -1.53. The molecule has 2 rings (SSSR count). The average molecular weight is 413 g/mol. The molecule has 0 atom stereocenters. The first-order chi connectivity index (χ1) is 12.1. The van der Waals surface area contributed by atoms with E-state index in [2.05, 4.69) is 10.6 Å². The number of ketones is 1. The van der Waals surface area contributed by atoms with Gasteiger partial charge >= 0.3 is 0 Å². The third kappa shape index (κ3) is 7.79. The number of thioether (sulfide) groups is 1. The van der Waals surface area contributed by atoms with Crippen molar-refractivity contribution in [1.29, 1.82) is 0 Å². The number of hydrogen-bond donors (Lipinski definition) is 2. The zero-order chi connectivity index (χ0) is 18.1. The summed E-state index contributed by atoms with van der Waals surface area (Å²) in [6, 6.07) is 14.5. The maximum absolute atomic E-state index is 12.0. The molecule has 0 aromatic heterocycles. The molecule has 1 amide bonds. The van der Waals surface area contributed by atoms with Crippen LogP contribution in [-0.4, -0.2) is 29.7 Å². The van der Waals surface area contributed by atoms with E-state index in [0.29, 0.717) is 10.6 Å². The van der Waals surface area contributed by atoms with E-state index in [-0.39, 0.29) is 35.6 Å². The lowest BCUT2D eigenvalue weighted by atomic mass is 10.1. The van der Waals surface area contributed by atoms with Gasteiger partial charge in [-0.2, -0.15) is 0 Å². The summed E-state index contributed by atoms with van der Waals surface area (Å²) in [5.41, 5.74) is 2.49. The fraction of sp³-hybridized carbons (Fsp3) is 0.263. The van der Waals surface area contributed by atoms with E-state index in [1.54, 1.807) is 24.3 Å². The number of carbonyl (C=O) groups excluding carboxylic acids is 2. The minimum absolute atomic E-state index is 0. The molecule has 0 saturated carbocycles. The summed E-state index contributed by atoms with van der Waals surface area (Å²) in [5.74, 6) is 0.364. The summed E-state index contributed by atoms with van der Waals surface area (Å²) in [7, 11) is 0. The van der Waals surface area contributed by atoms with E-state index in [0.717, 1.165) is 24.3 Å². The van der Waals surface area contributed by atoms with Crippen molar-refractivity contribution >= 4 is 53.1 Å². The van der Waals surface area contributed by atoms with Crippen LogP contribution in [0.15, 0.2) is 48.5 Å². The Kier molecular flexibility index (Phi) is 10.4. The van der Waals surface area contributed by atoms with Crippen LogP contribution in [0.25, 0.3) is 0 Å². The molecule has 0 radical (unpaired) electrons. The number of nitrogens with one attached hydrogen (secondary N) is 2. The molecule has 2 N–H and O–H groups in total. The molecule has 2 aromatic carbocycles. The van der Waals surface area contributed by atoms with Gasteiger partial charge < -0.3 is 10.6 Å². The van der Waals surface area contributed by atoms with Crippen LogP contribution in [0.4, 0.5) is 5.69 Å². The Morgan fingerprint density at radius 1 is 1.08 bits per heavy atom. The summed E-state index contributed by atoms with van der Waals surface area (Å²) in [4.78, 5) is 24.1. The molecule has 0 heterocycles. The van der Waals surface area contributed by atoms with Crippen LogP contribution in [0.2, 0.25) is 5.02 Å². The molecule has 0 aliphatic rings. The molecule has 26 heavy (non-hydrogen) atoms. The molecular formula is C19H22Cl2N2O2S. The van der Waals surface area contributed by atoms with Gasteiger partial charge in [0.15, 0.2) is 5.78 Å². The smallest absolute Gasteiger partial charge is 0.234 e. The number of halogens is 2. The molecule has 0 aliphatic heterocycles. The molecule has 0 saturated heterocycles. The molecule has 7 heteroatoms. The summed E-state index contributed by atoms with van der Waals surface area (Å²) in [6.45, 7) is 3.72. The van der Waals surface area contributed by atoms with Crippen molar-refractivity contribution in [3.8, 4) is 0 Å². The minimum Gasteiger partial charge on any atom is -0.325 e. The van der Waals surface area contributed by atoms with E-state index in [4.69, 9.17) is 11.6 Å². The first-order valence-corrected chi connectivity index (χ1v) is 9.57. The van der Waals surface area contributed by atoms with E-state index < -0.39 is 0 Å². The second kappa shape index (κ2) is 12.0. The Morgan fingerprint density at radius 3 is 2.50 bits per heavy atom. The first kappa shape index (κ1) is 22.5. The van der Waals surface area contributed by atoms with Crippen LogP contribution in [0, 0.1) is 0 Å². The number of amides is 1. The van der Waals surface area contributed by atoms with Crippen molar-refractivity contribution in [2.24, 2.45) is 0 Å². The quantitative estimate of drug-likeness (QED) is 0.598. The maximum Gasteiger partial charge on any atom is 0.234 e. The molecular weight excluding hydrogens is 391 g/mol. The highest BCUT2D eigenvalue weighted by Crippen LogP contribution is 2.14. The fourth-order valence-electron chi connectivity index (χ4n) is 2.18. The van der Waals surface area contributed by atoms with Gasteiger partial charge in [0.25, 0.3) is 0 Å². The highest BCUT2D eigenvalue weighted by atomic mass is 35.5. The van der Waals surface area contributed by atoms with Crippen molar-refractivity contribution < 1.29 is 9.59 Å². The first-order valence-electron chi connectivity index (χ1n) is 8.04. The average Bonchev–Trinajstić information content (AvgIpc) is 2.60. The van der Waals surface area contributed by atoms with E-state index in [9.17, 15) is 9.59 Å². The third-order valence-corrected chi connectivity index (χ3v) is 4.61. The highest BCUT2D eigenvalue weighted by molar-refractivity contribution is 8.00. The van der Waals surface area contributed by atoms with Crippen molar-refractivity contribution in [3.05, 3.63) is 64.7 Å². The van der Waals surface area contributed by atoms with Crippen LogP contribution in [0.1, 0.15) is 22.8 Å². The molecule has 4 nitrogen and oxygen atoms in total. The van der Waals surface area contributed by atoms with E-state index in [1.165, 1.54) is 11.8 Å². The van der Waals surface area contributed by atoms with Gasteiger partial charge in [-0.1, -0.05) is 30.7 Å². The van der Waals surface area contributed by atoms with Gasteiger partial charge in [0.1, 0.15) is 0 Å². The number of carbonyl (C=O) groups is 2. The van der Waals surface area contributed by atoms with Gasteiger partial charge in [-0.05, 0) is 48.5 Å². The lowest BCUT2D eigenvalue weighted by Gasteiger charge is -2.08. The van der Waals surface area contributed by atoms with Gasteiger partial charge in [0, 0.05) is 22.8 Å². The standard InChI is InChI=1S/C19H21ClN2O2S.ClH/c1-2-21-11-14-4-3-5-17(10-14)22-19(24)13-25-12-18(23)15-6-8-16(20)9-7-15;/h3-10,21H,2,11-13H2,1H3,(H,22,24);1H. The van der Waals surface area contributed by atoms with E-state index in [1.807, 2.05) is 31.2 Å². The second-order valence-corrected chi connectivity index (χ2v) is 6.87. The number of benzene rings is 2. The van der Waals surface area contributed by atoms with Crippen molar-refractivity contribution in [1.82, 2.24) is 5.32 Å². The van der Waals surface area contributed by atoms with Gasteiger partial charge in [0.2, 0.25) is 5.91 Å². The molecule has 0 bridgehead atoms. The normalized spacial score (nSPS) is 10.1. The second-order valence-electron chi connectivity index (χ2n) is 5.45. The monoisotopic (exact) mass is 412 g/mol. The highest BCUT2D eigenvalue weighted by Gasteiger charge is 2.08. The summed E-state index contributed by atoms with van der Waals surface area (Å²) < 4.78 is 0. The van der Waals surface area contributed by atoms with Gasteiger partial charge in [0.05, 0.1) is 11.5 Å². The van der Waals surface area contributed by atoms with Crippen LogP contribution >= 0.6 is 35.8 Å². The third-order valence-electron chi connectivity index (χ3n) is 3.42. The number of anilines is 1. The van der Waals surface area contributed by atoms with E-state index >= 15 is 0 Å². The van der Waals surface area contributed by atoms with Gasteiger partial charge in [-0.25, -0.2) is 0 Å². The number of rotatable bonds is 9. The Morgan fingerprint density at radius 2 is 1.81 bits per heavy atom. The molecule has 0 unspecified atom stereocenters. The molecule has 140 valence electrons. The molecule has 0 aliphatic carbocycles. The van der Waals surface area contributed by atoms with Crippen molar-refractivity contribution in [3.63, 3.8) is 0 Å². The zero-order valence-corrected chi connectivity index (χ0v) is 16.8. The predicted octanol–water partition coefficient (Wildman–Crippen LogP) is 4.43. The summed E-state index contributed by atoms with van der Waals surface area (Å²) >= 11 is 7.10. The predicted molar refractivity (Wildman–Crippen MR) is 113 cm³/mol. The summed E-state index contributed by atoms with van der Waals surface area (Å²) in [5, 5.41) is 6.71. The lowest BCUT2D eigenvalue weighted by Crippen LogP contribution is -2.16. The summed E-state index contributed by atoms with van der Waals surface area (Å²) in [6.07, 6.45) is 0. The van der Waals surface area contributed by atoms with Crippen molar-refractivity contribution in [2.75, 3.05) is 23.4 Å². The topological polar surface area (TPSA) is 58.2 Å². The van der Waals surface area contributed by atoms with Gasteiger partial charge in [-0.15, -0.1) is 24.2 Å². The Balaban J connectivity index is 0.00000338. The Bertz CT molecular complexity index is 724. The lowest BCUT2D eigenvalue weighted by molar-refractivity contribution is -0.113. The maximum atomic E-state index is 12.0. The Labute approximate surface area is 169 Å². The zero-order valence-electron chi connectivity index (χ0n) is 14.5. The largest absolute Gasteiger partial charge is 0.325 e. The van der Waals surface area contributed by atoms with Crippen LogP contribution < -0.4 is 10.6 Å². The molecule has 0 spiro atoms. The number of hydrogen-bond acceptors (Lipinski definition) is 4. The SMILES string of the molecule is CCNCc1cccc(NC(=O)CSCC(=O)c2ccc(Cl)cc2)c1.Cl.